The highest BCUT2D eigenvalue weighted by Crippen LogP contribution is 2.31. The predicted octanol–water partition coefficient (Wildman–Crippen LogP) is 6.91. The number of piperazine rings is 1. The summed E-state index contributed by atoms with van der Waals surface area (Å²) in [6.45, 7) is 7.42. The maximum absolute atomic E-state index is 13.3. The smallest absolute Gasteiger partial charge is 0.225 e. The molecule has 4 aromatic carbocycles. The molecule has 4 aromatic rings. The Morgan fingerprint density at radius 3 is 1.75 bits per heavy atom. The van der Waals surface area contributed by atoms with Gasteiger partial charge in [0, 0.05) is 44.4 Å². The van der Waals surface area contributed by atoms with E-state index >= 15 is 0 Å². The second-order valence-corrected chi connectivity index (χ2v) is 14.0. The van der Waals surface area contributed by atoms with Crippen LogP contribution in [0.15, 0.2) is 114 Å². The lowest BCUT2D eigenvalue weighted by Crippen LogP contribution is -2.51. The number of methoxy groups -OCH3 is 2. The van der Waals surface area contributed by atoms with Crippen LogP contribution in [0.5, 0.6) is 17.2 Å². The van der Waals surface area contributed by atoms with Crippen LogP contribution in [-0.4, -0.2) is 76.9 Å². The minimum Gasteiger partial charge on any atom is -0.493 e. The van der Waals surface area contributed by atoms with Crippen LogP contribution in [-0.2, 0) is 14.6 Å². The number of benzene rings is 4. The Morgan fingerprint density at radius 1 is 0.750 bits per heavy atom. The Morgan fingerprint density at radius 2 is 1.27 bits per heavy atom. The lowest BCUT2D eigenvalue weighted by Gasteiger charge is -2.40. The molecule has 1 aliphatic heterocycles. The van der Waals surface area contributed by atoms with Crippen molar-refractivity contribution in [2.45, 2.75) is 43.7 Å². The molecule has 5 rings (SSSR count). The monoisotopic (exact) mass is 672 g/mol. The van der Waals surface area contributed by atoms with Crippen LogP contribution in [0.1, 0.15) is 43.9 Å². The molecule has 0 bridgehead atoms. The number of sulfone groups is 1. The van der Waals surface area contributed by atoms with E-state index in [0.717, 1.165) is 51.0 Å². The van der Waals surface area contributed by atoms with Gasteiger partial charge in [0.2, 0.25) is 5.91 Å². The zero-order valence-corrected chi connectivity index (χ0v) is 29.4. The van der Waals surface area contributed by atoms with Gasteiger partial charge in [0.05, 0.1) is 31.3 Å². The Labute approximate surface area is 286 Å². The molecule has 1 aliphatic rings. The Kier molecular flexibility index (Phi) is 13.5. The van der Waals surface area contributed by atoms with Gasteiger partial charge in [-0.25, -0.2) is 8.42 Å². The zero-order valence-electron chi connectivity index (χ0n) is 28.6. The zero-order chi connectivity index (χ0) is 34.5. The van der Waals surface area contributed by atoms with Crippen LogP contribution < -0.4 is 14.2 Å². The van der Waals surface area contributed by atoms with Gasteiger partial charge in [-0.2, -0.15) is 0 Å². The van der Waals surface area contributed by atoms with E-state index in [1.54, 1.807) is 6.07 Å². The van der Waals surface area contributed by atoms with Crippen molar-refractivity contribution >= 4 is 15.7 Å². The largest absolute Gasteiger partial charge is 0.493 e. The number of carbonyl (C=O) groups excluding carboxylic acids is 1. The molecule has 1 amide bonds. The van der Waals surface area contributed by atoms with Crippen LogP contribution in [0.4, 0.5) is 0 Å². The van der Waals surface area contributed by atoms with Crippen LogP contribution in [0, 0.1) is 5.92 Å². The van der Waals surface area contributed by atoms with Gasteiger partial charge in [-0.15, -0.1) is 0 Å². The van der Waals surface area contributed by atoms with Crippen molar-refractivity contribution in [1.82, 2.24) is 9.80 Å². The Balaban J connectivity index is 0.000000312. The fourth-order valence-electron chi connectivity index (χ4n) is 5.93. The summed E-state index contributed by atoms with van der Waals surface area (Å²) >= 11 is 0. The third kappa shape index (κ3) is 10.1. The van der Waals surface area contributed by atoms with Crippen LogP contribution in [0.3, 0.4) is 0 Å². The number of ether oxygens (including phenoxy) is 3. The maximum Gasteiger partial charge on any atom is 0.225 e. The number of para-hydroxylation sites is 1. The summed E-state index contributed by atoms with van der Waals surface area (Å²) in [5.41, 5.74) is 2.59. The van der Waals surface area contributed by atoms with Crippen LogP contribution in [0.2, 0.25) is 0 Å². The number of nitrogens with zero attached hydrogens (tertiary/aromatic N) is 2. The van der Waals surface area contributed by atoms with Gasteiger partial charge in [0.25, 0.3) is 0 Å². The molecular formula is C39H48N2O6S. The first-order valence-corrected chi connectivity index (χ1v) is 18.3. The topological polar surface area (TPSA) is 85.4 Å². The lowest BCUT2D eigenvalue weighted by atomic mass is 9.96. The van der Waals surface area contributed by atoms with E-state index in [0.29, 0.717) is 11.5 Å². The fraction of sp³-hybridized carbons (Fsp3) is 0.359. The number of carbonyl (C=O) groups is 1. The van der Waals surface area contributed by atoms with Crippen molar-refractivity contribution in [3.05, 3.63) is 120 Å². The highest BCUT2D eigenvalue weighted by Gasteiger charge is 2.30. The summed E-state index contributed by atoms with van der Waals surface area (Å²) in [5, 5.41) is 0. The molecule has 1 saturated heterocycles. The molecule has 0 N–H and O–H groups in total. The number of rotatable bonds is 12. The van der Waals surface area contributed by atoms with Crippen LogP contribution >= 0.6 is 0 Å². The van der Waals surface area contributed by atoms with Gasteiger partial charge in [0.1, 0.15) is 5.75 Å². The van der Waals surface area contributed by atoms with E-state index in [-0.39, 0.29) is 28.9 Å². The molecule has 1 fully saturated rings. The average Bonchev–Trinajstić information content (AvgIpc) is 3.12. The lowest BCUT2D eigenvalue weighted by molar-refractivity contribution is -0.137. The highest BCUT2D eigenvalue weighted by molar-refractivity contribution is 7.90. The summed E-state index contributed by atoms with van der Waals surface area (Å²) in [7, 11) is -0.236. The standard InChI is InChI=1S/C30H36N2O2.C9H12O4S/c1-3-27(34-28-17-11-6-12-18-28)23-24(2)30(33)32-21-19-31(20-22-32)29(25-13-7-4-8-14-25)26-15-9-5-10-16-26;1-12-8-5-4-7(14(3,10)11)6-9(8)13-2/h4-18,24,27,29H,3,19-23H2,1-2H3;4-6H,1-3H3. The van der Waals surface area contributed by atoms with Crippen molar-refractivity contribution in [2.75, 3.05) is 46.7 Å². The molecule has 0 aromatic heterocycles. The third-order valence-electron chi connectivity index (χ3n) is 8.54. The average molecular weight is 673 g/mol. The van der Waals surface area contributed by atoms with Gasteiger partial charge >= 0.3 is 0 Å². The van der Waals surface area contributed by atoms with E-state index < -0.39 is 9.84 Å². The van der Waals surface area contributed by atoms with Crippen molar-refractivity contribution in [3.63, 3.8) is 0 Å². The summed E-state index contributed by atoms with van der Waals surface area (Å²) in [6, 6.07) is 36.0. The van der Waals surface area contributed by atoms with Crippen molar-refractivity contribution in [2.24, 2.45) is 5.92 Å². The summed E-state index contributed by atoms with van der Waals surface area (Å²) in [5.74, 6) is 1.98. The first-order valence-electron chi connectivity index (χ1n) is 16.4. The molecule has 9 heteroatoms. The van der Waals surface area contributed by atoms with Crippen molar-refractivity contribution < 1.29 is 27.4 Å². The molecular weight excluding hydrogens is 625 g/mol. The summed E-state index contributed by atoms with van der Waals surface area (Å²) in [4.78, 5) is 18.0. The van der Waals surface area contributed by atoms with E-state index in [1.807, 2.05) is 42.2 Å². The molecule has 8 nitrogen and oxygen atoms in total. The quantitative estimate of drug-likeness (QED) is 0.162. The van der Waals surface area contributed by atoms with Gasteiger partial charge < -0.3 is 19.1 Å². The van der Waals surface area contributed by atoms with Crippen molar-refractivity contribution in [3.8, 4) is 17.2 Å². The van der Waals surface area contributed by atoms with E-state index in [9.17, 15) is 13.2 Å². The summed E-state index contributed by atoms with van der Waals surface area (Å²) in [6.07, 6.45) is 2.81. The fourth-order valence-corrected chi connectivity index (χ4v) is 6.57. The number of hydrogen-bond acceptors (Lipinski definition) is 7. The molecule has 0 aliphatic carbocycles. The van der Waals surface area contributed by atoms with Crippen molar-refractivity contribution in [1.29, 1.82) is 0 Å². The number of hydrogen-bond donors (Lipinski definition) is 0. The molecule has 256 valence electrons. The van der Waals surface area contributed by atoms with Gasteiger partial charge in [-0.05, 0) is 48.2 Å². The molecule has 48 heavy (non-hydrogen) atoms. The van der Waals surface area contributed by atoms with E-state index in [2.05, 4.69) is 72.5 Å². The maximum atomic E-state index is 13.3. The molecule has 2 atom stereocenters. The normalized spacial score (nSPS) is 14.8. The molecule has 0 saturated carbocycles. The second-order valence-electron chi connectivity index (χ2n) is 12.0. The van der Waals surface area contributed by atoms with Gasteiger partial charge in [-0.3, -0.25) is 9.69 Å². The van der Waals surface area contributed by atoms with E-state index in [1.165, 1.54) is 37.5 Å². The molecule has 0 radical (unpaired) electrons. The highest BCUT2D eigenvalue weighted by atomic mass is 32.2. The molecule has 0 spiro atoms. The predicted molar refractivity (Wildman–Crippen MR) is 190 cm³/mol. The molecule has 2 unspecified atom stereocenters. The summed E-state index contributed by atoms with van der Waals surface area (Å²) < 4.78 is 38.5. The Hall–Kier alpha value is -4.34. The minimum atomic E-state index is -3.20. The van der Waals surface area contributed by atoms with Gasteiger partial charge in [0.15, 0.2) is 21.3 Å². The van der Waals surface area contributed by atoms with Gasteiger partial charge in [-0.1, -0.05) is 92.7 Å². The Bertz CT molecular complexity index is 1620. The first kappa shape index (κ1) is 36.5. The van der Waals surface area contributed by atoms with E-state index in [4.69, 9.17) is 14.2 Å². The minimum absolute atomic E-state index is 0.0446. The first-order chi connectivity index (χ1) is 23.1. The molecule has 1 heterocycles. The third-order valence-corrected chi connectivity index (χ3v) is 9.65. The second kappa shape index (κ2) is 17.7. The SMILES string of the molecule is CCC(CC(C)C(=O)N1CCN(C(c2ccccc2)c2ccccc2)CC1)Oc1ccccc1.COc1ccc(S(C)(=O)=O)cc1OC. The number of amides is 1. The van der Waals surface area contributed by atoms with Crippen LogP contribution in [0.25, 0.3) is 0 Å².